The molecule has 0 aliphatic heterocycles. The van der Waals surface area contributed by atoms with Crippen LogP contribution in [0.15, 0.2) is 65.8 Å². The van der Waals surface area contributed by atoms with Gasteiger partial charge in [0.25, 0.3) is 0 Å². The van der Waals surface area contributed by atoms with Gasteiger partial charge in [0.1, 0.15) is 5.82 Å². The lowest BCUT2D eigenvalue weighted by molar-refractivity contribution is -0.137. The molecule has 0 amide bonds. The zero-order valence-corrected chi connectivity index (χ0v) is 20.3. The minimum Gasteiger partial charge on any atom is -0.481 e. The molecule has 36 heavy (non-hydrogen) atoms. The first-order valence-electron chi connectivity index (χ1n) is 11.4. The molecular weight excluding hydrogens is 495 g/mol. The number of pyridine rings is 2. The third-order valence-corrected chi connectivity index (χ3v) is 8.20. The smallest absolute Gasteiger partial charge is 0.417 e. The van der Waals surface area contributed by atoms with E-state index >= 15 is 0 Å². The van der Waals surface area contributed by atoms with Crippen LogP contribution in [-0.2, 0) is 16.0 Å². The number of benzene rings is 1. The number of hydrogen-bond acceptors (Lipinski definition) is 7. The van der Waals surface area contributed by atoms with Crippen LogP contribution in [-0.4, -0.2) is 48.5 Å². The van der Waals surface area contributed by atoms with Gasteiger partial charge in [-0.3, -0.25) is 0 Å². The molecule has 0 spiro atoms. The minimum absolute atomic E-state index is 0.0995. The molecule has 192 valence electrons. The van der Waals surface area contributed by atoms with Gasteiger partial charge >= 0.3 is 6.18 Å². The van der Waals surface area contributed by atoms with E-state index in [1.165, 1.54) is 13.2 Å². The van der Waals surface area contributed by atoms with Crippen LogP contribution in [0.5, 0.6) is 5.88 Å². The molecule has 1 fully saturated rings. The molecule has 2 aromatic heterocycles. The number of rotatable bonds is 7. The van der Waals surface area contributed by atoms with Crippen molar-refractivity contribution in [3.05, 3.63) is 66.5 Å². The van der Waals surface area contributed by atoms with Crippen LogP contribution in [0.4, 0.5) is 19.0 Å². The number of ether oxygens (including phenoxy) is 1. The largest absolute Gasteiger partial charge is 0.481 e. The molecule has 3 aromatic rings. The molecule has 2 N–H and O–H groups in total. The summed E-state index contributed by atoms with van der Waals surface area (Å²) in [5, 5.41) is 13.5. The molecule has 7 nitrogen and oxygen atoms in total. The highest BCUT2D eigenvalue weighted by Crippen LogP contribution is 2.32. The maximum atomic E-state index is 13.0. The van der Waals surface area contributed by atoms with Crippen LogP contribution in [0, 0.1) is 5.92 Å². The van der Waals surface area contributed by atoms with E-state index in [1.807, 2.05) is 0 Å². The minimum atomic E-state index is -4.47. The summed E-state index contributed by atoms with van der Waals surface area (Å²) >= 11 is 0. The van der Waals surface area contributed by atoms with Crippen LogP contribution in [0.25, 0.3) is 11.1 Å². The van der Waals surface area contributed by atoms with Gasteiger partial charge < -0.3 is 15.2 Å². The Bertz CT molecular complexity index is 1280. The van der Waals surface area contributed by atoms with Crippen LogP contribution in [0.1, 0.15) is 24.8 Å². The normalized spacial score (nSPS) is 20.6. The number of hydrogen-bond donors (Lipinski definition) is 2. The Balaban J connectivity index is 1.35. The molecule has 1 aliphatic carbocycles. The number of halogens is 3. The van der Waals surface area contributed by atoms with Gasteiger partial charge in [-0.15, -0.1) is 0 Å². The molecule has 1 unspecified atom stereocenters. The molecule has 0 saturated heterocycles. The summed E-state index contributed by atoms with van der Waals surface area (Å²) in [6, 6.07) is 11.9. The van der Waals surface area contributed by atoms with Gasteiger partial charge in [0.05, 0.1) is 35.5 Å². The zero-order chi connectivity index (χ0) is 25.9. The highest BCUT2D eigenvalue weighted by atomic mass is 32.2. The molecule has 11 heteroatoms. The van der Waals surface area contributed by atoms with E-state index in [0.29, 0.717) is 18.7 Å². The number of sulfone groups is 1. The summed E-state index contributed by atoms with van der Waals surface area (Å²) in [4.78, 5) is 8.05. The molecule has 3 atom stereocenters. The standard InChI is InChI=1S/C25H26F3N3O4S/c1-35-24-13-18(10-11-29-24)17-3-6-20(7-4-17)36(33,34)15-16-2-8-21(22(32)12-16)31-23-9-5-19(14-30-23)25(26,27)28/h3-7,9-11,13-14,16,21-22,32H,2,8,12,15H2,1H3,(H,30,31)/t16?,21-,22+/m1/s1. The lowest BCUT2D eigenvalue weighted by Crippen LogP contribution is -2.41. The van der Waals surface area contributed by atoms with Crippen molar-refractivity contribution >= 4 is 15.7 Å². The summed E-state index contributed by atoms with van der Waals surface area (Å²) in [5.41, 5.74) is 0.826. The first-order chi connectivity index (χ1) is 17.0. The van der Waals surface area contributed by atoms with Crippen molar-refractivity contribution in [2.75, 3.05) is 18.2 Å². The van der Waals surface area contributed by atoms with Crippen LogP contribution < -0.4 is 10.1 Å². The number of nitrogens with zero attached hydrogens (tertiary/aromatic N) is 2. The van der Waals surface area contributed by atoms with Crippen molar-refractivity contribution in [1.82, 2.24) is 9.97 Å². The summed E-state index contributed by atoms with van der Waals surface area (Å²) in [5.74, 6) is 0.345. The molecule has 1 saturated carbocycles. The van der Waals surface area contributed by atoms with E-state index < -0.39 is 33.7 Å². The van der Waals surface area contributed by atoms with Crippen molar-refractivity contribution in [2.24, 2.45) is 5.92 Å². The van der Waals surface area contributed by atoms with E-state index in [4.69, 9.17) is 4.74 Å². The Morgan fingerprint density at radius 2 is 1.81 bits per heavy atom. The third kappa shape index (κ3) is 6.14. The Morgan fingerprint density at radius 1 is 1.06 bits per heavy atom. The fraction of sp³-hybridized carbons (Fsp3) is 0.360. The topological polar surface area (TPSA) is 101 Å². The van der Waals surface area contributed by atoms with E-state index in [1.54, 1.807) is 42.6 Å². The van der Waals surface area contributed by atoms with Crippen molar-refractivity contribution in [2.45, 2.75) is 42.5 Å². The average Bonchev–Trinajstić information content (AvgIpc) is 2.85. The lowest BCUT2D eigenvalue weighted by atomic mass is 9.85. The van der Waals surface area contributed by atoms with Gasteiger partial charge in [-0.05, 0) is 66.6 Å². The van der Waals surface area contributed by atoms with E-state index in [2.05, 4.69) is 15.3 Å². The first kappa shape index (κ1) is 25.9. The van der Waals surface area contributed by atoms with Crippen LogP contribution >= 0.6 is 0 Å². The highest BCUT2D eigenvalue weighted by molar-refractivity contribution is 7.91. The van der Waals surface area contributed by atoms with Crippen molar-refractivity contribution < 1.29 is 31.4 Å². The van der Waals surface area contributed by atoms with E-state index in [0.717, 1.165) is 23.4 Å². The number of aliphatic hydroxyl groups excluding tert-OH is 1. The lowest BCUT2D eigenvalue weighted by Gasteiger charge is -2.33. The number of alkyl halides is 3. The van der Waals surface area contributed by atoms with Crippen molar-refractivity contribution in [1.29, 1.82) is 0 Å². The predicted molar refractivity (Wildman–Crippen MR) is 128 cm³/mol. The van der Waals surface area contributed by atoms with E-state index in [9.17, 15) is 26.7 Å². The van der Waals surface area contributed by atoms with Crippen molar-refractivity contribution in [3.63, 3.8) is 0 Å². The maximum Gasteiger partial charge on any atom is 0.417 e. The monoisotopic (exact) mass is 521 g/mol. The van der Waals surface area contributed by atoms with Gasteiger partial charge in [-0.2, -0.15) is 13.2 Å². The second-order valence-electron chi connectivity index (χ2n) is 8.82. The second kappa shape index (κ2) is 10.4. The number of aromatic nitrogens is 2. The predicted octanol–water partition coefficient (Wildman–Crippen LogP) is 4.59. The van der Waals surface area contributed by atoms with Crippen LogP contribution in [0.2, 0.25) is 0 Å². The van der Waals surface area contributed by atoms with Gasteiger partial charge in [-0.25, -0.2) is 18.4 Å². The summed E-state index contributed by atoms with van der Waals surface area (Å²) in [6.45, 7) is 0. The van der Waals surface area contributed by atoms with Crippen LogP contribution in [0.3, 0.4) is 0 Å². The van der Waals surface area contributed by atoms with Gasteiger partial charge in [0.15, 0.2) is 9.84 Å². The number of anilines is 1. The van der Waals surface area contributed by atoms with Gasteiger partial charge in [-0.1, -0.05) is 12.1 Å². The molecule has 4 rings (SSSR count). The number of methoxy groups -OCH3 is 1. The summed E-state index contributed by atoms with van der Waals surface area (Å²) in [6.07, 6.45) is -1.71. The number of aliphatic hydroxyl groups is 1. The van der Waals surface area contributed by atoms with Crippen molar-refractivity contribution in [3.8, 4) is 17.0 Å². The highest BCUT2D eigenvalue weighted by Gasteiger charge is 2.33. The quantitative estimate of drug-likeness (QED) is 0.469. The van der Waals surface area contributed by atoms with Gasteiger partial charge in [0, 0.05) is 18.5 Å². The van der Waals surface area contributed by atoms with E-state index in [-0.39, 0.29) is 28.8 Å². The zero-order valence-electron chi connectivity index (χ0n) is 19.4. The fourth-order valence-corrected chi connectivity index (χ4v) is 6.02. The fourth-order valence-electron chi connectivity index (χ4n) is 4.35. The Kier molecular flexibility index (Phi) is 7.51. The SMILES string of the molecule is COc1cc(-c2ccc(S(=O)(=O)CC3CC[C@@H](Nc4ccc(C(F)(F)F)cn4)[C@@H](O)C3)cc2)ccn1. The molecule has 0 radical (unpaired) electrons. The Hall–Kier alpha value is -3.18. The molecule has 1 aliphatic rings. The first-order valence-corrected chi connectivity index (χ1v) is 13.0. The molecule has 1 aromatic carbocycles. The molecule has 0 bridgehead atoms. The summed E-state index contributed by atoms with van der Waals surface area (Å²) < 4.78 is 69.3. The number of nitrogens with one attached hydrogen (secondary N) is 1. The van der Waals surface area contributed by atoms with Gasteiger partial charge in [0.2, 0.25) is 5.88 Å². The Labute approximate surface area is 207 Å². The average molecular weight is 522 g/mol. The maximum absolute atomic E-state index is 13.0. The molecule has 2 heterocycles. The second-order valence-corrected chi connectivity index (χ2v) is 10.9. The Morgan fingerprint density at radius 3 is 2.42 bits per heavy atom. The summed E-state index contributed by atoms with van der Waals surface area (Å²) in [7, 11) is -2.06. The molecular formula is C25H26F3N3O4S. The third-order valence-electron chi connectivity index (χ3n) is 6.30.